The standard InChI is InChI=1S/C10H14N5O4P.C2H6O/c11-9-8-10(13-4-12-9)15(5-14-8)7-2-1-6(19-7)3-18-20(16)17;1-2-3/h4-7,16-17H,1-3H2,(H2,11,12,13);3H,2H2,1H3. The Balaban J connectivity index is 0.000000595. The molecule has 23 heavy (non-hydrogen) atoms. The van der Waals surface area contributed by atoms with E-state index >= 15 is 0 Å². The smallest absolute Gasteiger partial charge is 0.327 e. The number of nitrogen functional groups attached to an aromatic ring is 1. The minimum absolute atomic E-state index is 0.152. The van der Waals surface area contributed by atoms with Gasteiger partial charge in [0.25, 0.3) is 0 Å². The van der Waals surface area contributed by atoms with E-state index in [1.54, 1.807) is 17.8 Å². The second-order valence-corrected chi connectivity index (χ2v) is 5.50. The molecule has 1 saturated heterocycles. The molecule has 0 radical (unpaired) electrons. The summed E-state index contributed by atoms with van der Waals surface area (Å²) in [7, 11) is -2.34. The van der Waals surface area contributed by atoms with E-state index in [1.165, 1.54) is 6.33 Å². The van der Waals surface area contributed by atoms with Crippen LogP contribution in [0.1, 0.15) is 26.0 Å². The topological polar surface area (TPSA) is 149 Å². The van der Waals surface area contributed by atoms with Crippen molar-refractivity contribution in [1.29, 1.82) is 0 Å². The van der Waals surface area contributed by atoms with Crippen molar-refractivity contribution in [2.24, 2.45) is 0 Å². The van der Waals surface area contributed by atoms with E-state index < -0.39 is 8.60 Å². The first-order chi connectivity index (χ1) is 11.1. The van der Waals surface area contributed by atoms with Gasteiger partial charge in [-0.05, 0) is 19.8 Å². The Bertz CT molecular complexity index is 625. The number of aromatic nitrogens is 4. The van der Waals surface area contributed by atoms with Gasteiger partial charge in [-0.25, -0.2) is 15.0 Å². The molecule has 5 N–H and O–H groups in total. The second-order valence-electron chi connectivity index (χ2n) is 4.74. The normalized spacial score (nSPS) is 20.7. The van der Waals surface area contributed by atoms with Gasteiger partial charge in [-0.2, -0.15) is 0 Å². The van der Waals surface area contributed by atoms with Gasteiger partial charge in [-0.15, -0.1) is 0 Å². The van der Waals surface area contributed by atoms with Crippen LogP contribution in [0.15, 0.2) is 12.7 Å². The molecule has 0 saturated carbocycles. The Morgan fingerprint density at radius 3 is 2.83 bits per heavy atom. The van der Waals surface area contributed by atoms with Crippen LogP contribution >= 0.6 is 8.60 Å². The van der Waals surface area contributed by atoms with Crippen molar-refractivity contribution in [3.8, 4) is 0 Å². The van der Waals surface area contributed by atoms with Gasteiger partial charge in [0.1, 0.15) is 18.1 Å². The molecule has 3 rings (SSSR count). The summed E-state index contributed by atoms with van der Waals surface area (Å²) in [5, 5.41) is 7.57. The number of rotatable bonds is 4. The molecule has 2 aromatic heterocycles. The SMILES string of the molecule is CCO.Nc1ncnc2c1ncn2C1CCC(COP(O)O)O1. The molecule has 128 valence electrons. The van der Waals surface area contributed by atoms with E-state index in [-0.39, 0.29) is 25.5 Å². The average molecular weight is 345 g/mol. The molecule has 0 aliphatic carbocycles. The first kappa shape index (κ1) is 17.9. The number of aliphatic hydroxyl groups is 1. The molecule has 0 aromatic carbocycles. The minimum Gasteiger partial charge on any atom is -0.397 e. The zero-order valence-corrected chi connectivity index (χ0v) is 13.5. The number of hydrogen-bond donors (Lipinski definition) is 4. The first-order valence-electron chi connectivity index (χ1n) is 7.06. The number of ether oxygens (including phenoxy) is 1. The number of nitrogens with two attached hydrogens (primary N) is 1. The number of aliphatic hydroxyl groups excluding tert-OH is 1. The van der Waals surface area contributed by atoms with Crippen LogP contribution in [0.25, 0.3) is 11.2 Å². The van der Waals surface area contributed by atoms with E-state index in [4.69, 9.17) is 29.9 Å². The molecule has 10 nitrogen and oxygen atoms in total. The second kappa shape index (κ2) is 8.44. The Morgan fingerprint density at radius 2 is 2.13 bits per heavy atom. The summed E-state index contributed by atoms with van der Waals surface area (Å²) in [6.45, 7) is 2.08. The van der Waals surface area contributed by atoms with Gasteiger partial charge >= 0.3 is 8.60 Å². The average Bonchev–Trinajstić information content (AvgIpc) is 3.12. The predicted molar refractivity (Wildman–Crippen MR) is 82.9 cm³/mol. The third kappa shape index (κ3) is 4.54. The van der Waals surface area contributed by atoms with Crippen LogP contribution in [0.2, 0.25) is 0 Å². The van der Waals surface area contributed by atoms with Gasteiger partial charge in [-0.3, -0.25) is 4.57 Å². The summed E-state index contributed by atoms with van der Waals surface area (Å²) in [6, 6.07) is 0. The van der Waals surface area contributed by atoms with Gasteiger partial charge < -0.3 is 29.9 Å². The Hall–Kier alpha value is -1.42. The van der Waals surface area contributed by atoms with Crippen molar-refractivity contribution >= 4 is 25.6 Å². The van der Waals surface area contributed by atoms with Crippen LogP contribution in [-0.2, 0) is 9.26 Å². The molecule has 1 fully saturated rings. The maximum atomic E-state index is 8.73. The minimum atomic E-state index is -2.34. The Labute approximate surface area is 133 Å². The zero-order valence-electron chi connectivity index (χ0n) is 12.6. The van der Waals surface area contributed by atoms with Crippen molar-refractivity contribution in [3.63, 3.8) is 0 Å². The Kier molecular flexibility index (Phi) is 6.58. The third-order valence-corrected chi connectivity index (χ3v) is 3.54. The van der Waals surface area contributed by atoms with Crippen LogP contribution in [0.5, 0.6) is 0 Å². The number of anilines is 1. The maximum Gasteiger partial charge on any atom is 0.327 e. The van der Waals surface area contributed by atoms with Crippen LogP contribution in [0, 0.1) is 0 Å². The monoisotopic (exact) mass is 345 g/mol. The van der Waals surface area contributed by atoms with E-state index in [0.717, 1.165) is 12.8 Å². The fraction of sp³-hybridized carbons (Fsp3) is 0.583. The van der Waals surface area contributed by atoms with Crippen LogP contribution < -0.4 is 5.73 Å². The van der Waals surface area contributed by atoms with Gasteiger partial charge in [0.15, 0.2) is 11.5 Å². The summed E-state index contributed by atoms with van der Waals surface area (Å²) < 4.78 is 12.4. The molecule has 2 atom stereocenters. The van der Waals surface area contributed by atoms with E-state index in [2.05, 4.69) is 15.0 Å². The number of hydrogen-bond acceptors (Lipinski definition) is 9. The molecule has 0 bridgehead atoms. The highest BCUT2D eigenvalue weighted by atomic mass is 31.2. The molecule has 11 heteroatoms. The van der Waals surface area contributed by atoms with Gasteiger partial charge in [0.2, 0.25) is 0 Å². The molecule has 0 amide bonds. The highest BCUT2D eigenvalue weighted by Crippen LogP contribution is 2.33. The van der Waals surface area contributed by atoms with E-state index in [1.807, 2.05) is 0 Å². The van der Waals surface area contributed by atoms with E-state index in [9.17, 15) is 0 Å². The fourth-order valence-corrected chi connectivity index (χ4v) is 2.54. The molecule has 2 unspecified atom stereocenters. The lowest BCUT2D eigenvalue weighted by atomic mass is 10.2. The highest BCUT2D eigenvalue weighted by Gasteiger charge is 2.28. The first-order valence-corrected chi connectivity index (χ1v) is 8.23. The zero-order chi connectivity index (χ0) is 16.8. The molecule has 0 spiro atoms. The predicted octanol–water partition coefficient (Wildman–Crippen LogP) is 0.313. The van der Waals surface area contributed by atoms with Crippen LogP contribution in [0.3, 0.4) is 0 Å². The fourth-order valence-electron chi connectivity index (χ4n) is 2.24. The number of nitrogens with zero attached hydrogens (tertiary/aromatic N) is 4. The maximum absolute atomic E-state index is 8.73. The number of imidazole rings is 1. The van der Waals surface area contributed by atoms with E-state index in [0.29, 0.717) is 17.0 Å². The van der Waals surface area contributed by atoms with Crippen molar-refractivity contribution in [1.82, 2.24) is 19.5 Å². The van der Waals surface area contributed by atoms with Crippen molar-refractivity contribution in [2.75, 3.05) is 18.9 Å². The summed E-state index contributed by atoms with van der Waals surface area (Å²) in [5.41, 5.74) is 6.90. The largest absolute Gasteiger partial charge is 0.397 e. The summed E-state index contributed by atoms with van der Waals surface area (Å²) in [4.78, 5) is 29.7. The van der Waals surface area contributed by atoms with Crippen molar-refractivity contribution < 1.29 is 24.2 Å². The summed E-state index contributed by atoms with van der Waals surface area (Å²) >= 11 is 0. The van der Waals surface area contributed by atoms with Gasteiger partial charge in [-0.1, -0.05) is 0 Å². The highest BCUT2D eigenvalue weighted by molar-refractivity contribution is 7.39. The van der Waals surface area contributed by atoms with Gasteiger partial charge in [0, 0.05) is 6.61 Å². The lowest BCUT2D eigenvalue weighted by Gasteiger charge is -2.15. The van der Waals surface area contributed by atoms with Crippen molar-refractivity contribution in [3.05, 3.63) is 12.7 Å². The van der Waals surface area contributed by atoms with Crippen molar-refractivity contribution in [2.45, 2.75) is 32.1 Å². The van der Waals surface area contributed by atoms with Crippen LogP contribution in [-0.4, -0.2) is 53.7 Å². The summed E-state index contributed by atoms with van der Waals surface area (Å²) in [5.74, 6) is 0.331. The molecular formula is C12H20N5O5P. The lowest BCUT2D eigenvalue weighted by Crippen LogP contribution is -2.15. The van der Waals surface area contributed by atoms with Gasteiger partial charge in [0.05, 0.1) is 19.0 Å². The number of fused-ring (bicyclic) bond motifs is 1. The third-order valence-electron chi connectivity index (χ3n) is 3.16. The molecule has 2 aromatic rings. The van der Waals surface area contributed by atoms with Crippen LogP contribution in [0.4, 0.5) is 5.82 Å². The molecule has 3 heterocycles. The molecule has 1 aliphatic heterocycles. The lowest BCUT2D eigenvalue weighted by molar-refractivity contribution is -0.0176. The molecular weight excluding hydrogens is 325 g/mol. The quantitative estimate of drug-likeness (QED) is 0.574. The molecule has 1 aliphatic rings. The summed E-state index contributed by atoms with van der Waals surface area (Å²) in [6.07, 6.45) is 4.13. The Morgan fingerprint density at radius 1 is 1.39 bits per heavy atom.